The molecule has 31 heavy (non-hydrogen) atoms. The summed E-state index contributed by atoms with van der Waals surface area (Å²) in [6.45, 7) is 8.13. The fraction of sp³-hybridized carbons (Fsp3) is 0.250. The van der Waals surface area contributed by atoms with Crippen LogP contribution < -0.4 is 11.0 Å². The molecule has 7 nitrogen and oxygen atoms in total. The number of amides is 1. The number of aryl methyl sites for hydroxylation is 2. The molecular formula is C24H25N5O2. The van der Waals surface area contributed by atoms with E-state index in [1.54, 1.807) is 6.07 Å². The van der Waals surface area contributed by atoms with Crippen LogP contribution in [0.15, 0.2) is 59.4 Å². The molecule has 0 aliphatic rings. The van der Waals surface area contributed by atoms with Gasteiger partial charge >= 0.3 is 5.69 Å². The summed E-state index contributed by atoms with van der Waals surface area (Å²) in [5, 5.41) is 11.5. The second-order valence-electron chi connectivity index (χ2n) is 8.05. The minimum atomic E-state index is -0.453. The maximum absolute atomic E-state index is 12.8. The number of benzene rings is 2. The second-order valence-corrected chi connectivity index (χ2v) is 8.05. The topological polar surface area (TPSA) is 81.3 Å². The highest BCUT2D eigenvalue weighted by Crippen LogP contribution is 2.20. The molecule has 0 fully saturated rings. The van der Waals surface area contributed by atoms with Crippen molar-refractivity contribution in [1.82, 2.24) is 19.4 Å². The van der Waals surface area contributed by atoms with Crippen molar-refractivity contribution < 1.29 is 4.79 Å². The van der Waals surface area contributed by atoms with Gasteiger partial charge in [0.2, 0.25) is 5.91 Å². The predicted octanol–water partition coefficient (Wildman–Crippen LogP) is 3.94. The van der Waals surface area contributed by atoms with Crippen LogP contribution in [-0.2, 0) is 11.3 Å². The largest absolute Gasteiger partial charge is 0.367 e. The number of hydrogen-bond donors (Lipinski definition) is 1. The van der Waals surface area contributed by atoms with Crippen LogP contribution in [0.3, 0.4) is 0 Å². The van der Waals surface area contributed by atoms with Crippen molar-refractivity contribution in [3.63, 3.8) is 0 Å². The number of fused-ring (bicyclic) bond motifs is 1. The van der Waals surface area contributed by atoms with Gasteiger partial charge in [-0.2, -0.15) is 9.61 Å². The molecule has 0 radical (unpaired) electrons. The third-order valence-corrected chi connectivity index (χ3v) is 5.40. The van der Waals surface area contributed by atoms with Gasteiger partial charge in [0.1, 0.15) is 6.54 Å². The van der Waals surface area contributed by atoms with Gasteiger partial charge in [-0.3, -0.25) is 4.79 Å². The van der Waals surface area contributed by atoms with Crippen molar-refractivity contribution in [1.29, 1.82) is 0 Å². The number of anilines is 1. The summed E-state index contributed by atoms with van der Waals surface area (Å²) in [4.78, 5) is 25.2. The van der Waals surface area contributed by atoms with E-state index < -0.39 is 5.69 Å². The third-order valence-electron chi connectivity index (χ3n) is 5.40. The fourth-order valence-electron chi connectivity index (χ4n) is 3.35. The van der Waals surface area contributed by atoms with Crippen molar-refractivity contribution in [3.8, 4) is 11.3 Å². The summed E-state index contributed by atoms with van der Waals surface area (Å²) < 4.78 is 2.36. The van der Waals surface area contributed by atoms with Gasteiger partial charge in [0.15, 0.2) is 5.65 Å². The lowest BCUT2D eigenvalue weighted by molar-refractivity contribution is -0.117. The summed E-state index contributed by atoms with van der Waals surface area (Å²) >= 11 is 0. The smallest absolute Gasteiger partial charge is 0.324 e. The Bertz CT molecular complexity index is 1320. The first kappa shape index (κ1) is 20.5. The Balaban J connectivity index is 1.55. The first-order valence-electron chi connectivity index (χ1n) is 10.3. The second kappa shape index (κ2) is 8.18. The van der Waals surface area contributed by atoms with E-state index in [-0.39, 0.29) is 12.5 Å². The van der Waals surface area contributed by atoms with Gasteiger partial charge in [0.25, 0.3) is 0 Å². The number of aromatic nitrogens is 4. The highest BCUT2D eigenvalue weighted by molar-refractivity contribution is 5.90. The quantitative estimate of drug-likeness (QED) is 0.535. The Morgan fingerprint density at radius 3 is 2.39 bits per heavy atom. The first-order chi connectivity index (χ1) is 14.8. The zero-order valence-corrected chi connectivity index (χ0v) is 18.1. The fourth-order valence-corrected chi connectivity index (χ4v) is 3.35. The molecule has 1 N–H and O–H groups in total. The zero-order valence-electron chi connectivity index (χ0n) is 18.1. The third kappa shape index (κ3) is 4.26. The number of nitrogens with one attached hydrogen (secondary N) is 1. The number of hydrogen-bond acceptors (Lipinski definition) is 4. The Morgan fingerprint density at radius 2 is 1.71 bits per heavy atom. The van der Waals surface area contributed by atoms with Gasteiger partial charge < -0.3 is 5.32 Å². The molecule has 4 aromatic rings. The van der Waals surface area contributed by atoms with E-state index in [1.165, 1.54) is 15.6 Å². The summed E-state index contributed by atoms with van der Waals surface area (Å²) in [5.41, 5.74) is 5.76. The van der Waals surface area contributed by atoms with Gasteiger partial charge in [0.05, 0.1) is 5.69 Å². The molecule has 2 aromatic heterocycles. The van der Waals surface area contributed by atoms with Gasteiger partial charge in [-0.25, -0.2) is 9.48 Å². The molecule has 0 bridgehead atoms. The van der Waals surface area contributed by atoms with Crippen LogP contribution >= 0.6 is 0 Å². The van der Waals surface area contributed by atoms with Crippen LogP contribution in [0.5, 0.6) is 0 Å². The minimum absolute atomic E-state index is 0.187. The summed E-state index contributed by atoms with van der Waals surface area (Å²) in [7, 11) is 0. The van der Waals surface area contributed by atoms with Crippen molar-refractivity contribution >= 4 is 17.2 Å². The molecular weight excluding hydrogens is 390 g/mol. The normalized spacial score (nSPS) is 11.3. The SMILES string of the molecule is Cc1ccc(-c2ccc3nn(CC(=O)Nc4ccc(C(C)C)cc4)c(=O)n3n2)cc1C. The van der Waals surface area contributed by atoms with E-state index in [9.17, 15) is 9.59 Å². The average Bonchev–Trinajstić information content (AvgIpc) is 3.05. The molecule has 0 unspecified atom stereocenters. The Hall–Kier alpha value is -3.74. The van der Waals surface area contributed by atoms with E-state index in [0.29, 0.717) is 22.9 Å². The molecule has 0 aliphatic heterocycles. The molecule has 7 heteroatoms. The van der Waals surface area contributed by atoms with Crippen LogP contribution in [-0.4, -0.2) is 25.3 Å². The molecule has 0 saturated carbocycles. The molecule has 0 saturated heterocycles. The highest BCUT2D eigenvalue weighted by Gasteiger charge is 2.13. The lowest BCUT2D eigenvalue weighted by Gasteiger charge is -2.08. The van der Waals surface area contributed by atoms with Gasteiger partial charge in [0, 0.05) is 11.3 Å². The van der Waals surface area contributed by atoms with Gasteiger partial charge in [-0.15, -0.1) is 5.10 Å². The average molecular weight is 415 g/mol. The lowest BCUT2D eigenvalue weighted by atomic mass is 10.0. The standard InChI is InChI=1S/C24H25N5O2/c1-15(2)18-7-9-20(10-8-18)25-23(30)14-28-24(31)29-22(27-28)12-11-21(26-29)19-6-5-16(3)17(4)13-19/h5-13,15H,14H2,1-4H3,(H,25,30). The van der Waals surface area contributed by atoms with Crippen LogP contribution in [0.25, 0.3) is 16.9 Å². The molecule has 2 aromatic carbocycles. The minimum Gasteiger partial charge on any atom is -0.324 e. The molecule has 4 rings (SSSR count). The van der Waals surface area contributed by atoms with Crippen LogP contribution in [0.1, 0.15) is 36.5 Å². The molecule has 0 spiro atoms. The zero-order chi connectivity index (χ0) is 22.1. The van der Waals surface area contributed by atoms with Crippen molar-refractivity contribution in [2.75, 3.05) is 5.32 Å². The van der Waals surface area contributed by atoms with Crippen molar-refractivity contribution in [3.05, 3.63) is 81.8 Å². The molecule has 158 valence electrons. The maximum Gasteiger partial charge on any atom is 0.367 e. The van der Waals surface area contributed by atoms with Crippen molar-refractivity contribution in [2.45, 2.75) is 40.2 Å². The first-order valence-corrected chi connectivity index (χ1v) is 10.3. The maximum atomic E-state index is 12.8. The van der Waals surface area contributed by atoms with E-state index in [2.05, 4.69) is 29.4 Å². The summed E-state index contributed by atoms with van der Waals surface area (Å²) in [6.07, 6.45) is 0. The highest BCUT2D eigenvalue weighted by atomic mass is 16.2. The lowest BCUT2D eigenvalue weighted by Crippen LogP contribution is -2.28. The van der Waals surface area contributed by atoms with E-state index >= 15 is 0 Å². The Kier molecular flexibility index (Phi) is 5.42. The van der Waals surface area contributed by atoms with Gasteiger partial charge in [-0.05, 0) is 66.8 Å². The van der Waals surface area contributed by atoms with E-state index in [0.717, 1.165) is 15.8 Å². The summed E-state index contributed by atoms with van der Waals surface area (Å²) in [5.74, 6) is 0.0969. The van der Waals surface area contributed by atoms with Gasteiger partial charge in [-0.1, -0.05) is 38.1 Å². The molecule has 0 aliphatic carbocycles. The molecule has 1 amide bonds. The number of rotatable bonds is 5. The van der Waals surface area contributed by atoms with Crippen LogP contribution in [0, 0.1) is 13.8 Å². The number of carbonyl (C=O) groups is 1. The monoisotopic (exact) mass is 415 g/mol. The molecule has 2 heterocycles. The van der Waals surface area contributed by atoms with Crippen molar-refractivity contribution in [2.24, 2.45) is 0 Å². The van der Waals surface area contributed by atoms with E-state index in [1.807, 2.05) is 62.4 Å². The number of carbonyl (C=O) groups excluding carboxylic acids is 1. The Labute approximate surface area is 180 Å². The van der Waals surface area contributed by atoms with Crippen LogP contribution in [0.2, 0.25) is 0 Å². The summed E-state index contributed by atoms with van der Waals surface area (Å²) in [6, 6.07) is 17.3. The predicted molar refractivity (Wildman–Crippen MR) is 121 cm³/mol. The van der Waals surface area contributed by atoms with Crippen LogP contribution in [0.4, 0.5) is 5.69 Å². The molecule has 0 atom stereocenters. The van der Waals surface area contributed by atoms with E-state index in [4.69, 9.17) is 0 Å². The Morgan fingerprint density at radius 1 is 0.968 bits per heavy atom. The number of nitrogens with zero attached hydrogens (tertiary/aromatic N) is 4.